The number of benzene rings is 1. The molecule has 1 aliphatic heterocycles. The zero-order chi connectivity index (χ0) is 15.6. The summed E-state index contributed by atoms with van der Waals surface area (Å²) >= 11 is 0. The summed E-state index contributed by atoms with van der Waals surface area (Å²) in [5.74, 6) is 1.27. The highest BCUT2D eigenvalue weighted by Crippen LogP contribution is 2.31. The minimum Gasteiger partial charge on any atom is -0.339 e. The van der Waals surface area contributed by atoms with Crippen molar-refractivity contribution in [2.75, 3.05) is 13.1 Å². The second kappa shape index (κ2) is 7.31. The first kappa shape index (κ1) is 17.7. The monoisotopic (exact) mass is 347 g/mol. The smallest absolute Gasteiger partial charge is 0.339 e. The van der Waals surface area contributed by atoms with Crippen LogP contribution in [0.25, 0.3) is 11.4 Å². The van der Waals surface area contributed by atoms with Gasteiger partial charge in [-0.1, -0.05) is 17.3 Å². The van der Waals surface area contributed by atoms with Crippen molar-refractivity contribution >= 4 is 12.4 Å². The van der Waals surface area contributed by atoms with Crippen molar-refractivity contribution in [3.8, 4) is 11.4 Å². The van der Waals surface area contributed by atoms with Crippen LogP contribution in [0, 0.1) is 5.92 Å². The van der Waals surface area contributed by atoms with E-state index in [1.165, 1.54) is 6.07 Å². The lowest BCUT2D eigenvalue weighted by Crippen LogP contribution is -2.09. The molecule has 1 aliphatic rings. The number of nitrogens with zero attached hydrogens (tertiary/aromatic N) is 2. The van der Waals surface area contributed by atoms with Crippen LogP contribution in [0.3, 0.4) is 0 Å². The van der Waals surface area contributed by atoms with Crippen LogP contribution in [0.5, 0.6) is 0 Å². The van der Waals surface area contributed by atoms with E-state index >= 15 is 0 Å². The highest BCUT2D eigenvalue weighted by Gasteiger charge is 2.30. The van der Waals surface area contributed by atoms with E-state index in [1.54, 1.807) is 6.07 Å². The van der Waals surface area contributed by atoms with Gasteiger partial charge in [-0.2, -0.15) is 18.2 Å². The van der Waals surface area contributed by atoms with Gasteiger partial charge in [0.15, 0.2) is 0 Å². The highest BCUT2D eigenvalue weighted by molar-refractivity contribution is 5.85. The molecule has 1 saturated heterocycles. The molecule has 0 aliphatic carbocycles. The lowest BCUT2D eigenvalue weighted by Gasteiger charge is -2.06. The average molecular weight is 348 g/mol. The molecule has 3 rings (SSSR count). The first-order valence-electron chi connectivity index (χ1n) is 7.23. The Morgan fingerprint density at radius 3 is 2.83 bits per heavy atom. The van der Waals surface area contributed by atoms with Gasteiger partial charge in [-0.05, 0) is 44.0 Å². The SMILES string of the molecule is Cl.FC(F)(F)c1cccc(-c2noc(CCC3CCNC3)n2)c1. The summed E-state index contributed by atoms with van der Waals surface area (Å²) in [7, 11) is 0. The summed E-state index contributed by atoms with van der Waals surface area (Å²) < 4.78 is 43.3. The minimum absolute atomic E-state index is 0. The summed E-state index contributed by atoms with van der Waals surface area (Å²) in [4.78, 5) is 4.20. The van der Waals surface area contributed by atoms with E-state index in [-0.39, 0.29) is 18.2 Å². The number of hydrogen-bond acceptors (Lipinski definition) is 4. The average Bonchev–Trinajstić information content (AvgIpc) is 3.16. The zero-order valence-electron chi connectivity index (χ0n) is 12.3. The second-order valence-corrected chi connectivity index (χ2v) is 5.49. The van der Waals surface area contributed by atoms with Crippen LogP contribution in [0.1, 0.15) is 24.3 Å². The molecule has 8 heteroatoms. The molecule has 0 amide bonds. The molecule has 0 spiro atoms. The van der Waals surface area contributed by atoms with E-state index in [2.05, 4.69) is 15.5 Å². The second-order valence-electron chi connectivity index (χ2n) is 5.49. The number of hydrogen-bond donors (Lipinski definition) is 1. The van der Waals surface area contributed by atoms with Gasteiger partial charge in [0.1, 0.15) is 0 Å². The molecular formula is C15H17ClF3N3O. The molecular weight excluding hydrogens is 331 g/mol. The predicted molar refractivity (Wildman–Crippen MR) is 81.3 cm³/mol. The topological polar surface area (TPSA) is 51.0 Å². The number of rotatable bonds is 4. The van der Waals surface area contributed by atoms with Gasteiger partial charge in [-0.3, -0.25) is 0 Å². The molecule has 0 bridgehead atoms. The fourth-order valence-electron chi connectivity index (χ4n) is 2.60. The Bertz CT molecular complexity index is 639. The molecule has 1 atom stereocenters. The van der Waals surface area contributed by atoms with Gasteiger partial charge in [0, 0.05) is 12.0 Å². The third-order valence-electron chi connectivity index (χ3n) is 3.85. The first-order chi connectivity index (χ1) is 10.5. The van der Waals surface area contributed by atoms with Crippen molar-refractivity contribution in [2.45, 2.75) is 25.4 Å². The molecule has 2 heterocycles. The quantitative estimate of drug-likeness (QED) is 0.915. The zero-order valence-corrected chi connectivity index (χ0v) is 13.1. The Labute approximate surface area is 137 Å². The van der Waals surface area contributed by atoms with Crippen LogP contribution in [0.2, 0.25) is 0 Å². The molecule has 1 fully saturated rings. The van der Waals surface area contributed by atoms with Crippen LogP contribution in [0.15, 0.2) is 28.8 Å². The van der Waals surface area contributed by atoms with Gasteiger partial charge in [0.2, 0.25) is 11.7 Å². The summed E-state index contributed by atoms with van der Waals surface area (Å²) in [6.45, 7) is 2.03. The normalized spacial score (nSPS) is 18.0. The van der Waals surface area contributed by atoms with Crippen LogP contribution in [0.4, 0.5) is 13.2 Å². The maximum atomic E-state index is 12.7. The predicted octanol–water partition coefficient (Wildman–Crippen LogP) is 3.72. The summed E-state index contributed by atoms with van der Waals surface area (Å²) in [6.07, 6.45) is -1.65. The fourth-order valence-corrected chi connectivity index (χ4v) is 2.60. The van der Waals surface area contributed by atoms with E-state index in [0.717, 1.165) is 38.1 Å². The van der Waals surface area contributed by atoms with Gasteiger partial charge in [0.25, 0.3) is 0 Å². The standard InChI is InChI=1S/C15H16F3N3O.ClH/c16-15(17,18)12-3-1-2-11(8-12)14-20-13(22-21-14)5-4-10-6-7-19-9-10;/h1-3,8,10,19H,4-7,9H2;1H. The Hall–Kier alpha value is -1.60. The largest absolute Gasteiger partial charge is 0.416 e. The number of aromatic nitrogens is 2. The number of halogens is 4. The van der Waals surface area contributed by atoms with Crippen molar-refractivity contribution in [3.05, 3.63) is 35.7 Å². The minimum atomic E-state index is -4.38. The molecule has 1 N–H and O–H groups in total. The Kier molecular flexibility index (Phi) is 5.64. The molecule has 126 valence electrons. The van der Waals surface area contributed by atoms with Gasteiger partial charge >= 0.3 is 6.18 Å². The van der Waals surface area contributed by atoms with Crippen LogP contribution < -0.4 is 5.32 Å². The van der Waals surface area contributed by atoms with E-state index in [1.807, 2.05) is 0 Å². The lowest BCUT2D eigenvalue weighted by molar-refractivity contribution is -0.137. The summed E-state index contributed by atoms with van der Waals surface area (Å²) in [6, 6.07) is 4.95. The van der Waals surface area contributed by atoms with Gasteiger partial charge in [-0.25, -0.2) is 0 Å². The van der Waals surface area contributed by atoms with E-state index in [4.69, 9.17) is 4.52 Å². The Morgan fingerprint density at radius 1 is 1.30 bits per heavy atom. The third-order valence-corrected chi connectivity index (χ3v) is 3.85. The van der Waals surface area contributed by atoms with Crippen LogP contribution in [-0.4, -0.2) is 23.2 Å². The molecule has 0 saturated carbocycles. The summed E-state index contributed by atoms with van der Waals surface area (Å²) in [5, 5.41) is 7.07. The van der Waals surface area contributed by atoms with E-state index in [0.29, 0.717) is 23.8 Å². The first-order valence-corrected chi connectivity index (χ1v) is 7.23. The van der Waals surface area contributed by atoms with E-state index in [9.17, 15) is 13.2 Å². The number of alkyl halides is 3. The maximum absolute atomic E-state index is 12.7. The third kappa shape index (κ3) is 4.45. The van der Waals surface area contributed by atoms with Crippen LogP contribution >= 0.6 is 12.4 Å². The van der Waals surface area contributed by atoms with Gasteiger partial charge in [-0.15, -0.1) is 12.4 Å². The number of aryl methyl sites for hydroxylation is 1. The van der Waals surface area contributed by atoms with Crippen molar-refractivity contribution < 1.29 is 17.7 Å². The molecule has 1 aromatic heterocycles. The lowest BCUT2D eigenvalue weighted by atomic mass is 10.0. The molecule has 0 radical (unpaired) electrons. The van der Waals surface area contributed by atoms with Gasteiger partial charge in [0.05, 0.1) is 5.56 Å². The van der Waals surface area contributed by atoms with Crippen molar-refractivity contribution in [1.29, 1.82) is 0 Å². The highest BCUT2D eigenvalue weighted by atomic mass is 35.5. The maximum Gasteiger partial charge on any atom is 0.416 e. The number of nitrogens with one attached hydrogen (secondary N) is 1. The molecule has 4 nitrogen and oxygen atoms in total. The fraction of sp³-hybridized carbons (Fsp3) is 0.467. The van der Waals surface area contributed by atoms with E-state index < -0.39 is 11.7 Å². The van der Waals surface area contributed by atoms with Crippen LogP contribution in [-0.2, 0) is 12.6 Å². The van der Waals surface area contributed by atoms with Crippen molar-refractivity contribution in [2.24, 2.45) is 5.92 Å². The van der Waals surface area contributed by atoms with Gasteiger partial charge < -0.3 is 9.84 Å². The molecule has 2 aromatic rings. The summed E-state index contributed by atoms with van der Waals surface area (Å²) in [5.41, 5.74) is -0.402. The Morgan fingerprint density at radius 2 is 2.13 bits per heavy atom. The molecule has 1 aromatic carbocycles. The molecule has 23 heavy (non-hydrogen) atoms. The van der Waals surface area contributed by atoms with Crippen molar-refractivity contribution in [1.82, 2.24) is 15.5 Å². The Balaban J connectivity index is 0.00000192. The molecule has 1 unspecified atom stereocenters. The van der Waals surface area contributed by atoms with Crippen molar-refractivity contribution in [3.63, 3.8) is 0 Å².